The molecule has 0 aliphatic heterocycles. The Balaban J connectivity index is 3.64. The summed E-state index contributed by atoms with van der Waals surface area (Å²) >= 11 is 0. The normalized spacial score (nSPS) is 10.3. The molecule has 2 nitrogen and oxygen atoms in total. The van der Waals surface area contributed by atoms with E-state index < -0.39 is 11.4 Å². The van der Waals surface area contributed by atoms with E-state index in [0.717, 1.165) is 0 Å². The van der Waals surface area contributed by atoms with Crippen molar-refractivity contribution in [3.05, 3.63) is 33.0 Å². The van der Waals surface area contributed by atoms with Gasteiger partial charge in [-0.05, 0) is 12.8 Å². The topological polar surface area (TPSA) is 32.9 Å². The van der Waals surface area contributed by atoms with Gasteiger partial charge >= 0.3 is 0 Å². The molecule has 0 aliphatic carbocycles. The first-order chi connectivity index (χ1) is 6.49. The van der Waals surface area contributed by atoms with Crippen molar-refractivity contribution >= 4 is 0 Å². The first-order valence-electron chi connectivity index (χ1n) is 4.38. The summed E-state index contributed by atoms with van der Waals surface area (Å²) in [5.74, 6) is 1.76. The highest BCUT2D eigenvalue weighted by Gasteiger charge is 2.16. The van der Waals surface area contributed by atoms with Crippen LogP contribution in [0, 0.1) is 25.1 Å². The molecule has 0 radical (unpaired) electrons. The summed E-state index contributed by atoms with van der Waals surface area (Å²) in [6.07, 6.45) is 5.19. The number of hydrogen-bond donors (Lipinski definition) is 1. The largest absolute Gasteiger partial charge is 0.315 e. The molecule has 0 spiro atoms. The maximum absolute atomic E-state index is 13.6. The van der Waals surface area contributed by atoms with E-state index in [2.05, 4.69) is 10.9 Å². The van der Waals surface area contributed by atoms with Gasteiger partial charge in [0.15, 0.2) is 0 Å². The molecule has 1 N–H and O–H groups in total. The fourth-order valence-corrected chi connectivity index (χ4v) is 1.34. The van der Waals surface area contributed by atoms with E-state index in [1.165, 1.54) is 6.92 Å². The molecule has 1 aromatic rings. The second-order valence-corrected chi connectivity index (χ2v) is 3.48. The van der Waals surface area contributed by atoms with Gasteiger partial charge < -0.3 is 4.98 Å². The minimum Gasteiger partial charge on any atom is -0.315 e. The average Bonchev–Trinajstić information content (AvgIpc) is 2.12. The molecule has 3 heteroatoms. The number of rotatable bonds is 1. The van der Waals surface area contributed by atoms with Crippen molar-refractivity contribution < 1.29 is 4.39 Å². The van der Waals surface area contributed by atoms with Gasteiger partial charge in [0.2, 0.25) is 0 Å². The fraction of sp³-hybridized carbons (Fsp3) is 0.364. The number of halogens is 1. The lowest BCUT2D eigenvalue weighted by atomic mass is 9.99. The Bertz CT molecular complexity index is 452. The predicted octanol–water partition coefficient (Wildman–Crippen LogP) is 1.93. The average molecular weight is 193 g/mol. The number of pyridine rings is 1. The van der Waals surface area contributed by atoms with Gasteiger partial charge in [0.25, 0.3) is 5.56 Å². The monoisotopic (exact) mass is 193 g/mol. The number of nitrogens with one attached hydrogen (secondary N) is 1. The number of aromatic nitrogens is 1. The molecular formula is C11H12FNO. The third kappa shape index (κ3) is 1.56. The summed E-state index contributed by atoms with van der Waals surface area (Å²) in [6.45, 7) is 5.11. The molecule has 0 unspecified atom stereocenters. The smallest absolute Gasteiger partial charge is 0.254 e. The van der Waals surface area contributed by atoms with Crippen LogP contribution in [0.25, 0.3) is 0 Å². The summed E-state index contributed by atoms with van der Waals surface area (Å²) in [5.41, 5.74) is 0.283. The Hall–Kier alpha value is -1.56. The summed E-state index contributed by atoms with van der Waals surface area (Å²) in [4.78, 5) is 13.7. The van der Waals surface area contributed by atoms with E-state index in [1.54, 1.807) is 0 Å². The molecule has 1 heterocycles. The molecule has 74 valence electrons. The molecule has 0 saturated heterocycles. The highest BCUT2D eigenvalue weighted by atomic mass is 19.1. The van der Waals surface area contributed by atoms with E-state index in [9.17, 15) is 9.18 Å². The molecule has 0 amide bonds. The zero-order valence-electron chi connectivity index (χ0n) is 8.44. The molecule has 0 aromatic carbocycles. The van der Waals surface area contributed by atoms with Gasteiger partial charge in [-0.25, -0.2) is 4.39 Å². The second kappa shape index (κ2) is 3.67. The molecule has 14 heavy (non-hydrogen) atoms. The number of H-pyrrole nitrogens is 1. The summed E-state index contributed by atoms with van der Waals surface area (Å²) in [5, 5.41) is 0. The van der Waals surface area contributed by atoms with Crippen LogP contribution in [-0.2, 0) is 0 Å². The van der Waals surface area contributed by atoms with Crippen LogP contribution in [0.2, 0.25) is 0 Å². The first kappa shape index (κ1) is 10.5. The number of terminal acetylenes is 1. The van der Waals surface area contributed by atoms with Crippen LogP contribution in [0.4, 0.5) is 4.39 Å². The van der Waals surface area contributed by atoms with Crippen molar-refractivity contribution in [1.29, 1.82) is 0 Å². The second-order valence-electron chi connectivity index (χ2n) is 3.48. The van der Waals surface area contributed by atoms with Gasteiger partial charge in [0.05, 0.1) is 11.3 Å². The zero-order valence-corrected chi connectivity index (χ0v) is 8.44. The van der Waals surface area contributed by atoms with Crippen LogP contribution < -0.4 is 5.56 Å². The van der Waals surface area contributed by atoms with E-state index in [-0.39, 0.29) is 17.2 Å². The maximum Gasteiger partial charge on any atom is 0.254 e. The quantitative estimate of drug-likeness (QED) is 0.679. The third-order valence-electron chi connectivity index (χ3n) is 2.14. The minimum absolute atomic E-state index is 0.0448. The van der Waals surface area contributed by atoms with E-state index in [4.69, 9.17) is 6.42 Å². The van der Waals surface area contributed by atoms with Crippen LogP contribution in [0.15, 0.2) is 4.79 Å². The first-order valence-corrected chi connectivity index (χ1v) is 4.38. The van der Waals surface area contributed by atoms with E-state index in [0.29, 0.717) is 5.56 Å². The molecule has 0 atom stereocenters. The highest BCUT2D eigenvalue weighted by Crippen LogP contribution is 2.21. The standard InChI is InChI=1S/C11H12FNO/c1-5-8-9(6(2)3)10(12)7(4)11(14)13-8/h1,6H,2-4H3,(H,13,14). The molecular weight excluding hydrogens is 181 g/mol. The van der Waals surface area contributed by atoms with Gasteiger partial charge in [-0.15, -0.1) is 6.42 Å². The SMILES string of the molecule is C#Cc1[nH]c(=O)c(C)c(F)c1C(C)C. The molecule has 0 bridgehead atoms. The van der Waals surface area contributed by atoms with Crippen molar-refractivity contribution in [1.82, 2.24) is 4.98 Å². The lowest BCUT2D eigenvalue weighted by Gasteiger charge is -2.10. The molecule has 0 fully saturated rings. The van der Waals surface area contributed by atoms with Gasteiger partial charge in [0.1, 0.15) is 5.82 Å². The summed E-state index contributed by atoms with van der Waals surface area (Å²) in [7, 11) is 0. The van der Waals surface area contributed by atoms with E-state index >= 15 is 0 Å². The van der Waals surface area contributed by atoms with Crippen molar-refractivity contribution in [2.24, 2.45) is 0 Å². The van der Waals surface area contributed by atoms with Crippen molar-refractivity contribution in [3.63, 3.8) is 0 Å². The fourth-order valence-electron chi connectivity index (χ4n) is 1.34. The summed E-state index contributed by atoms with van der Waals surface area (Å²) in [6, 6.07) is 0. The van der Waals surface area contributed by atoms with Gasteiger partial charge in [-0.1, -0.05) is 19.8 Å². The van der Waals surface area contributed by atoms with Crippen LogP contribution in [0.5, 0.6) is 0 Å². The third-order valence-corrected chi connectivity index (χ3v) is 2.14. The lowest BCUT2D eigenvalue weighted by Crippen LogP contribution is -2.17. The predicted molar refractivity (Wildman–Crippen MR) is 53.8 cm³/mol. The Morgan fingerprint density at radius 2 is 2.07 bits per heavy atom. The van der Waals surface area contributed by atoms with Crippen LogP contribution in [0.1, 0.15) is 36.6 Å². The Kier molecular flexibility index (Phi) is 2.76. The minimum atomic E-state index is -0.489. The maximum atomic E-state index is 13.6. The van der Waals surface area contributed by atoms with Crippen LogP contribution >= 0.6 is 0 Å². The van der Waals surface area contributed by atoms with Crippen molar-refractivity contribution in [2.75, 3.05) is 0 Å². The molecule has 0 saturated carbocycles. The van der Waals surface area contributed by atoms with Crippen LogP contribution in [0.3, 0.4) is 0 Å². The Morgan fingerprint density at radius 1 is 1.50 bits per heavy atom. The number of hydrogen-bond acceptors (Lipinski definition) is 1. The van der Waals surface area contributed by atoms with Crippen molar-refractivity contribution in [3.8, 4) is 12.3 Å². The molecule has 1 aromatic heterocycles. The van der Waals surface area contributed by atoms with Crippen LogP contribution in [-0.4, -0.2) is 4.98 Å². The zero-order chi connectivity index (χ0) is 10.9. The Labute approximate surface area is 82.2 Å². The molecule has 1 rings (SSSR count). The van der Waals surface area contributed by atoms with Gasteiger partial charge in [-0.3, -0.25) is 4.79 Å². The van der Waals surface area contributed by atoms with E-state index in [1.807, 2.05) is 13.8 Å². The van der Waals surface area contributed by atoms with Gasteiger partial charge in [-0.2, -0.15) is 0 Å². The molecule has 0 aliphatic rings. The highest BCUT2D eigenvalue weighted by molar-refractivity contribution is 5.38. The lowest BCUT2D eigenvalue weighted by molar-refractivity contribution is 0.582. The van der Waals surface area contributed by atoms with Gasteiger partial charge in [0, 0.05) is 5.56 Å². The van der Waals surface area contributed by atoms with Crippen molar-refractivity contribution in [2.45, 2.75) is 26.7 Å². The summed E-state index contributed by atoms with van der Waals surface area (Å²) < 4.78 is 13.6. The Morgan fingerprint density at radius 3 is 2.50 bits per heavy atom. The number of aromatic amines is 1.